The first-order chi connectivity index (χ1) is 14.8. The maximum absolute atomic E-state index is 12.7. The fraction of sp³-hybridized carbons (Fsp3) is 0.0455. The van der Waals surface area contributed by atoms with Crippen molar-refractivity contribution in [2.75, 3.05) is 17.1 Å². The van der Waals surface area contributed by atoms with Crippen LogP contribution >= 0.6 is 23.2 Å². The lowest BCUT2D eigenvalue weighted by Gasteiger charge is -2.11. The predicted molar refractivity (Wildman–Crippen MR) is 124 cm³/mol. The molecule has 9 heteroatoms. The molecule has 0 radical (unpaired) electrons. The summed E-state index contributed by atoms with van der Waals surface area (Å²) in [7, 11) is -2.38. The molecule has 0 spiro atoms. The first-order valence-corrected chi connectivity index (χ1v) is 11.2. The van der Waals surface area contributed by atoms with E-state index in [9.17, 15) is 13.2 Å². The lowest BCUT2D eigenvalue weighted by atomic mass is 10.2. The minimum atomic E-state index is -3.90. The Morgan fingerprint density at radius 3 is 2.29 bits per heavy atom. The summed E-state index contributed by atoms with van der Waals surface area (Å²) in [6.07, 6.45) is 2.92. The number of hydrogen-bond donors (Lipinski definition) is 2. The molecule has 3 aromatic rings. The van der Waals surface area contributed by atoms with Crippen LogP contribution in [0.3, 0.4) is 0 Å². The number of amides is 1. The van der Waals surface area contributed by atoms with Gasteiger partial charge in [0.05, 0.1) is 22.7 Å². The highest BCUT2D eigenvalue weighted by atomic mass is 35.5. The highest BCUT2D eigenvalue weighted by molar-refractivity contribution is 7.92. The Morgan fingerprint density at radius 1 is 0.968 bits per heavy atom. The summed E-state index contributed by atoms with van der Waals surface area (Å²) in [6, 6.07) is 17.4. The average Bonchev–Trinajstić information content (AvgIpc) is 2.75. The largest absolute Gasteiger partial charge is 0.497 e. The third-order valence-corrected chi connectivity index (χ3v) is 6.11. The number of hydrogen-bond acceptors (Lipinski definition) is 4. The second-order valence-electron chi connectivity index (χ2n) is 6.35. The molecule has 3 aromatic carbocycles. The van der Waals surface area contributed by atoms with Gasteiger partial charge in [0.1, 0.15) is 5.75 Å². The van der Waals surface area contributed by atoms with E-state index in [1.54, 1.807) is 54.6 Å². The molecule has 0 aliphatic carbocycles. The van der Waals surface area contributed by atoms with Crippen LogP contribution in [0.25, 0.3) is 6.08 Å². The van der Waals surface area contributed by atoms with Crippen molar-refractivity contribution >= 4 is 56.6 Å². The number of nitrogens with one attached hydrogen (secondary N) is 2. The van der Waals surface area contributed by atoms with Gasteiger partial charge in [0.2, 0.25) is 5.91 Å². The lowest BCUT2D eigenvalue weighted by Crippen LogP contribution is -2.14. The molecule has 6 nitrogen and oxygen atoms in total. The first-order valence-electron chi connectivity index (χ1n) is 8.98. The van der Waals surface area contributed by atoms with Gasteiger partial charge in [0.25, 0.3) is 10.0 Å². The van der Waals surface area contributed by atoms with Crippen LogP contribution in [0.5, 0.6) is 5.75 Å². The molecule has 0 bridgehead atoms. The third-order valence-electron chi connectivity index (χ3n) is 4.15. The summed E-state index contributed by atoms with van der Waals surface area (Å²) < 4.78 is 33.0. The van der Waals surface area contributed by atoms with Gasteiger partial charge in [-0.1, -0.05) is 35.3 Å². The van der Waals surface area contributed by atoms with Crippen molar-refractivity contribution in [1.29, 1.82) is 0 Å². The molecule has 0 saturated heterocycles. The quantitative estimate of drug-likeness (QED) is 0.443. The summed E-state index contributed by atoms with van der Waals surface area (Å²) in [4.78, 5) is 12.2. The summed E-state index contributed by atoms with van der Waals surface area (Å²) >= 11 is 12.0. The van der Waals surface area contributed by atoms with Gasteiger partial charge in [-0.15, -0.1) is 0 Å². The van der Waals surface area contributed by atoms with E-state index in [-0.39, 0.29) is 15.6 Å². The van der Waals surface area contributed by atoms with Crippen LogP contribution in [-0.2, 0) is 14.8 Å². The summed E-state index contributed by atoms with van der Waals surface area (Å²) in [5.41, 5.74) is 1.32. The van der Waals surface area contributed by atoms with Gasteiger partial charge in [0, 0.05) is 16.8 Å². The Hall–Kier alpha value is -3.00. The minimum Gasteiger partial charge on any atom is -0.497 e. The minimum absolute atomic E-state index is 0.0512. The Kier molecular flexibility index (Phi) is 7.22. The monoisotopic (exact) mass is 476 g/mol. The Bertz CT molecular complexity index is 1210. The summed E-state index contributed by atoms with van der Waals surface area (Å²) in [5.74, 6) is 0.139. The van der Waals surface area contributed by atoms with Gasteiger partial charge in [-0.05, 0) is 66.2 Å². The van der Waals surface area contributed by atoms with Crippen molar-refractivity contribution in [3.63, 3.8) is 0 Å². The van der Waals surface area contributed by atoms with E-state index in [4.69, 9.17) is 27.9 Å². The van der Waals surface area contributed by atoms with E-state index in [0.29, 0.717) is 16.5 Å². The van der Waals surface area contributed by atoms with Crippen LogP contribution in [0.4, 0.5) is 11.4 Å². The molecule has 0 saturated carbocycles. The number of ether oxygens (including phenoxy) is 1. The summed E-state index contributed by atoms with van der Waals surface area (Å²) in [5, 5.41) is 3.39. The fourth-order valence-corrected chi connectivity index (χ4v) is 3.94. The number of halogens is 2. The highest BCUT2D eigenvalue weighted by Crippen LogP contribution is 2.27. The van der Waals surface area contributed by atoms with Crippen LogP contribution < -0.4 is 14.8 Å². The van der Waals surface area contributed by atoms with Crippen molar-refractivity contribution in [2.45, 2.75) is 4.90 Å². The molecule has 0 fully saturated rings. The molecule has 0 unspecified atom stereocenters. The molecule has 0 aliphatic rings. The molecule has 2 N–H and O–H groups in total. The first kappa shape index (κ1) is 22.7. The van der Waals surface area contributed by atoms with E-state index in [1.807, 2.05) is 0 Å². The molecule has 0 heterocycles. The lowest BCUT2D eigenvalue weighted by molar-refractivity contribution is -0.111. The molecule has 0 aromatic heterocycles. The van der Waals surface area contributed by atoms with E-state index in [2.05, 4.69) is 10.0 Å². The number of methoxy groups -OCH3 is 1. The number of sulfonamides is 1. The Balaban J connectivity index is 1.75. The summed E-state index contributed by atoms with van der Waals surface area (Å²) in [6.45, 7) is 0. The molecule has 31 heavy (non-hydrogen) atoms. The standard InChI is InChI=1S/C22H18Cl2N2O4S/c1-30-18-9-7-17(8-10-18)26-31(28,29)19-11-12-20(24)21(14-19)25-22(27)13-4-15-2-5-16(23)6-3-15/h2-14,26H,1H3,(H,25,27)/b13-4+. The number of rotatable bonds is 7. The topological polar surface area (TPSA) is 84.5 Å². The Morgan fingerprint density at radius 2 is 1.65 bits per heavy atom. The third kappa shape index (κ3) is 6.24. The van der Waals surface area contributed by atoms with Crippen molar-refractivity contribution in [2.24, 2.45) is 0 Å². The maximum atomic E-state index is 12.7. The van der Waals surface area contributed by atoms with E-state index in [1.165, 1.54) is 31.4 Å². The average molecular weight is 477 g/mol. The molecular weight excluding hydrogens is 459 g/mol. The van der Waals surface area contributed by atoms with E-state index >= 15 is 0 Å². The Labute approximate surface area is 190 Å². The van der Waals surface area contributed by atoms with Crippen molar-refractivity contribution < 1.29 is 17.9 Å². The van der Waals surface area contributed by atoms with Crippen molar-refractivity contribution in [1.82, 2.24) is 0 Å². The molecule has 3 rings (SSSR count). The zero-order chi connectivity index (χ0) is 22.4. The van der Waals surface area contributed by atoms with Gasteiger partial charge < -0.3 is 10.1 Å². The number of carbonyl (C=O) groups is 1. The molecule has 1 amide bonds. The molecular formula is C22H18Cl2N2O4S. The normalized spacial score (nSPS) is 11.3. The fourth-order valence-electron chi connectivity index (χ4n) is 2.56. The van der Waals surface area contributed by atoms with Crippen molar-refractivity contribution in [3.05, 3.63) is 88.4 Å². The maximum Gasteiger partial charge on any atom is 0.261 e. The van der Waals surface area contributed by atoms with Gasteiger partial charge in [-0.2, -0.15) is 0 Å². The van der Waals surface area contributed by atoms with Crippen LogP contribution in [0.1, 0.15) is 5.56 Å². The van der Waals surface area contributed by atoms with Crippen LogP contribution in [0.15, 0.2) is 77.7 Å². The molecule has 160 valence electrons. The van der Waals surface area contributed by atoms with E-state index < -0.39 is 15.9 Å². The second kappa shape index (κ2) is 9.87. The zero-order valence-electron chi connectivity index (χ0n) is 16.3. The van der Waals surface area contributed by atoms with Gasteiger partial charge >= 0.3 is 0 Å². The van der Waals surface area contributed by atoms with Crippen LogP contribution in [0, 0.1) is 0 Å². The SMILES string of the molecule is COc1ccc(NS(=O)(=O)c2ccc(Cl)c(NC(=O)/C=C/c3ccc(Cl)cc3)c2)cc1. The van der Waals surface area contributed by atoms with Crippen molar-refractivity contribution in [3.8, 4) is 5.75 Å². The van der Waals surface area contributed by atoms with Gasteiger partial charge in [0.15, 0.2) is 0 Å². The van der Waals surface area contributed by atoms with Gasteiger partial charge in [-0.3, -0.25) is 9.52 Å². The highest BCUT2D eigenvalue weighted by Gasteiger charge is 2.17. The van der Waals surface area contributed by atoms with Crippen LogP contribution in [0.2, 0.25) is 10.0 Å². The van der Waals surface area contributed by atoms with Crippen LogP contribution in [-0.4, -0.2) is 21.4 Å². The number of benzene rings is 3. The van der Waals surface area contributed by atoms with E-state index in [0.717, 1.165) is 5.56 Å². The predicted octanol–water partition coefficient (Wildman–Crippen LogP) is 5.45. The molecule has 0 aliphatic heterocycles. The smallest absolute Gasteiger partial charge is 0.261 e. The number of carbonyl (C=O) groups excluding carboxylic acids is 1. The number of anilines is 2. The molecule has 0 atom stereocenters. The zero-order valence-corrected chi connectivity index (χ0v) is 18.6. The van der Waals surface area contributed by atoms with Gasteiger partial charge in [-0.25, -0.2) is 8.42 Å². The second-order valence-corrected chi connectivity index (χ2v) is 8.88.